The lowest BCUT2D eigenvalue weighted by molar-refractivity contribution is -0.124. The molecule has 0 aromatic heterocycles. The van der Waals surface area contributed by atoms with Crippen LogP contribution in [0.25, 0.3) is 0 Å². The van der Waals surface area contributed by atoms with Crippen molar-refractivity contribution in [1.82, 2.24) is 5.32 Å². The number of carbonyl (C=O) groups excluding carboxylic acids is 1. The molecule has 1 rings (SSSR count). The normalized spacial score (nSPS) is 29.1. The van der Waals surface area contributed by atoms with E-state index >= 15 is 0 Å². The van der Waals surface area contributed by atoms with Gasteiger partial charge >= 0.3 is 0 Å². The highest BCUT2D eigenvalue weighted by atomic mass is 16.1. The van der Waals surface area contributed by atoms with Crippen LogP contribution in [0.1, 0.15) is 33.1 Å². The smallest absolute Gasteiger partial charge is 0.220 e. The molecule has 0 radical (unpaired) electrons. The highest BCUT2D eigenvalue weighted by Crippen LogP contribution is 2.20. The summed E-state index contributed by atoms with van der Waals surface area (Å²) in [5.74, 6) is 1.21. The van der Waals surface area contributed by atoms with Gasteiger partial charge in [-0.3, -0.25) is 4.79 Å². The molecule has 1 saturated heterocycles. The average Bonchev–Trinajstić information content (AvgIpc) is 2.01. The molecule has 2 atom stereocenters. The van der Waals surface area contributed by atoms with Gasteiger partial charge in [-0.1, -0.05) is 13.8 Å². The molecule has 0 aliphatic carbocycles. The molecule has 0 aromatic carbocycles. The van der Waals surface area contributed by atoms with Crippen molar-refractivity contribution in [2.45, 2.75) is 39.2 Å². The van der Waals surface area contributed by atoms with E-state index in [1.54, 1.807) is 0 Å². The quantitative estimate of drug-likeness (QED) is 0.684. The van der Waals surface area contributed by atoms with Gasteiger partial charge in [0.1, 0.15) is 0 Å². The van der Waals surface area contributed by atoms with E-state index in [-0.39, 0.29) is 5.91 Å². The second-order valence-electron chi connectivity index (χ2n) is 4.44. The second-order valence-corrected chi connectivity index (χ2v) is 4.44. The summed E-state index contributed by atoms with van der Waals surface area (Å²) in [4.78, 5) is 11.3. The first kappa shape index (κ1) is 10.5. The van der Waals surface area contributed by atoms with E-state index in [9.17, 15) is 4.79 Å². The van der Waals surface area contributed by atoms with E-state index in [1.165, 1.54) is 0 Å². The fourth-order valence-electron chi connectivity index (χ4n) is 2.00. The molecule has 1 amide bonds. The summed E-state index contributed by atoms with van der Waals surface area (Å²) >= 11 is 0. The monoisotopic (exact) mass is 184 g/mol. The summed E-state index contributed by atoms with van der Waals surface area (Å²) in [7, 11) is 0. The largest absolute Gasteiger partial charge is 0.353 e. The van der Waals surface area contributed by atoms with Gasteiger partial charge in [0.25, 0.3) is 0 Å². The zero-order valence-corrected chi connectivity index (χ0v) is 8.55. The molecule has 3 N–H and O–H groups in total. The molecule has 1 aliphatic rings. The first-order valence-corrected chi connectivity index (χ1v) is 5.11. The Kier molecular flexibility index (Phi) is 3.72. The molecular formula is C10H20N2O. The first-order chi connectivity index (χ1) is 6.11. The molecule has 3 heteroatoms. The van der Waals surface area contributed by atoms with Crippen LogP contribution in [0, 0.1) is 11.8 Å². The van der Waals surface area contributed by atoms with Gasteiger partial charge < -0.3 is 11.1 Å². The maximum Gasteiger partial charge on any atom is 0.220 e. The van der Waals surface area contributed by atoms with Crippen LogP contribution in [-0.2, 0) is 4.79 Å². The van der Waals surface area contributed by atoms with Crippen LogP contribution < -0.4 is 11.1 Å². The summed E-state index contributed by atoms with van der Waals surface area (Å²) < 4.78 is 0. The maximum absolute atomic E-state index is 11.3. The van der Waals surface area contributed by atoms with Crippen molar-refractivity contribution in [2.75, 3.05) is 6.54 Å². The van der Waals surface area contributed by atoms with Crippen molar-refractivity contribution in [3.05, 3.63) is 0 Å². The Balaban J connectivity index is 2.42. The van der Waals surface area contributed by atoms with Gasteiger partial charge in [-0.15, -0.1) is 0 Å². The number of nitrogens with one attached hydrogen (secondary N) is 1. The molecule has 0 aromatic rings. The lowest BCUT2D eigenvalue weighted by Gasteiger charge is -2.30. The van der Waals surface area contributed by atoms with Crippen molar-refractivity contribution >= 4 is 5.91 Å². The Labute approximate surface area is 80.1 Å². The van der Waals surface area contributed by atoms with E-state index in [0.29, 0.717) is 30.8 Å². The average molecular weight is 184 g/mol. The zero-order chi connectivity index (χ0) is 9.84. The standard InChI is InChI=1S/C10H20N2O/c1-7(2)3-9-4-8(6-11)5-10(13)12-9/h7-9H,3-6,11H2,1-2H3,(H,12,13). The fraction of sp³-hybridized carbons (Fsp3) is 0.900. The van der Waals surface area contributed by atoms with Gasteiger partial charge in [0, 0.05) is 12.5 Å². The molecule has 0 spiro atoms. The van der Waals surface area contributed by atoms with Gasteiger partial charge in [0.15, 0.2) is 0 Å². The molecule has 76 valence electrons. The van der Waals surface area contributed by atoms with Crippen molar-refractivity contribution in [3.63, 3.8) is 0 Å². The lowest BCUT2D eigenvalue weighted by Crippen LogP contribution is -2.44. The number of hydrogen-bond acceptors (Lipinski definition) is 2. The molecule has 1 heterocycles. The van der Waals surface area contributed by atoms with Gasteiger partial charge in [0.2, 0.25) is 5.91 Å². The van der Waals surface area contributed by atoms with E-state index < -0.39 is 0 Å². The van der Waals surface area contributed by atoms with Crippen molar-refractivity contribution in [3.8, 4) is 0 Å². The molecule has 0 bridgehead atoms. The summed E-state index contributed by atoms with van der Waals surface area (Å²) in [6.07, 6.45) is 2.74. The van der Waals surface area contributed by atoms with Crippen molar-refractivity contribution < 1.29 is 4.79 Å². The summed E-state index contributed by atoms with van der Waals surface area (Å²) in [6, 6.07) is 0.356. The van der Waals surface area contributed by atoms with Gasteiger partial charge in [-0.2, -0.15) is 0 Å². The zero-order valence-electron chi connectivity index (χ0n) is 8.55. The summed E-state index contributed by atoms with van der Waals surface area (Å²) in [5, 5.41) is 3.02. The number of carbonyl (C=O) groups is 1. The predicted molar refractivity (Wildman–Crippen MR) is 53.2 cm³/mol. The molecule has 0 saturated carbocycles. The number of hydrogen-bond donors (Lipinski definition) is 2. The van der Waals surface area contributed by atoms with E-state index in [2.05, 4.69) is 19.2 Å². The second kappa shape index (κ2) is 4.61. The topological polar surface area (TPSA) is 55.1 Å². The van der Waals surface area contributed by atoms with Crippen molar-refractivity contribution in [2.24, 2.45) is 17.6 Å². The van der Waals surface area contributed by atoms with Crippen LogP contribution in [0.15, 0.2) is 0 Å². The summed E-state index contributed by atoms with van der Waals surface area (Å²) in [6.45, 7) is 5.00. The van der Waals surface area contributed by atoms with Crippen LogP contribution in [0.3, 0.4) is 0 Å². The van der Waals surface area contributed by atoms with Gasteiger partial charge in [-0.05, 0) is 31.2 Å². The predicted octanol–water partition coefficient (Wildman–Crippen LogP) is 0.886. The Bertz CT molecular complexity index is 180. The van der Waals surface area contributed by atoms with Crippen molar-refractivity contribution in [1.29, 1.82) is 0 Å². The lowest BCUT2D eigenvalue weighted by atomic mass is 9.88. The molecule has 3 nitrogen and oxygen atoms in total. The Morgan fingerprint density at radius 1 is 1.62 bits per heavy atom. The molecule has 1 fully saturated rings. The van der Waals surface area contributed by atoms with Crippen LogP contribution >= 0.6 is 0 Å². The van der Waals surface area contributed by atoms with E-state index in [1.807, 2.05) is 0 Å². The highest BCUT2D eigenvalue weighted by molar-refractivity contribution is 5.77. The first-order valence-electron chi connectivity index (χ1n) is 5.11. The van der Waals surface area contributed by atoms with Gasteiger partial charge in [-0.25, -0.2) is 0 Å². The van der Waals surface area contributed by atoms with Crippen LogP contribution in [0.4, 0.5) is 0 Å². The number of rotatable bonds is 3. The highest BCUT2D eigenvalue weighted by Gasteiger charge is 2.25. The number of piperidine rings is 1. The van der Waals surface area contributed by atoms with Crippen LogP contribution in [0.5, 0.6) is 0 Å². The third-order valence-corrected chi connectivity index (χ3v) is 2.55. The third-order valence-electron chi connectivity index (χ3n) is 2.55. The molecular weight excluding hydrogens is 164 g/mol. The molecule has 1 aliphatic heterocycles. The van der Waals surface area contributed by atoms with E-state index in [4.69, 9.17) is 5.73 Å². The Morgan fingerprint density at radius 2 is 2.31 bits per heavy atom. The van der Waals surface area contributed by atoms with Gasteiger partial charge in [0.05, 0.1) is 0 Å². The fourth-order valence-corrected chi connectivity index (χ4v) is 2.00. The van der Waals surface area contributed by atoms with Crippen LogP contribution in [0.2, 0.25) is 0 Å². The van der Waals surface area contributed by atoms with E-state index in [0.717, 1.165) is 12.8 Å². The minimum Gasteiger partial charge on any atom is -0.353 e. The minimum absolute atomic E-state index is 0.173. The number of amides is 1. The SMILES string of the molecule is CC(C)CC1CC(CN)CC(=O)N1. The Hall–Kier alpha value is -0.570. The minimum atomic E-state index is 0.173. The molecule has 2 unspecified atom stereocenters. The summed E-state index contributed by atoms with van der Waals surface area (Å²) in [5.41, 5.74) is 5.58. The molecule has 13 heavy (non-hydrogen) atoms. The number of nitrogens with two attached hydrogens (primary N) is 1. The Morgan fingerprint density at radius 3 is 2.85 bits per heavy atom. The maximum atomic E-state index is 11.3. The third kappa shape index (κ3) is 3.35. The van der Waals surface area contributed by atoms with Crippen LogP contribution in [-0.4, -0.2) is 18.5 Å².